The van der Waals surface area contributed by atoms with Crippen LogP contribution in [0, 0.1) is 23.2 Å². The highest BCUT2D eigenvalue weighted by Gasteiger charge is 2.57. The maximum Gasteiger partial charge on any atom is 0.329 e. The molecular formula is C27H35N3O6. The molecule has 3 N–H and O–H groups in total. The van der Waals surface area contributed by atoms with E-state index in [1.54, 1.807) is 24.3 Å². The zero-order valence-corrected chi connectivity index (χ0v) is 20.7. The first kappa shape index (κ1) is 24.7. The molecule has 4 aliphatic carbocycles. The van der Waals surface area contributed by atoms with Crippen LogP contribution in [0.3, 0.4) is 0 Å². The van der Waals surface area contributed by atoms with E-state index < -0.39 is 36.0 Å². The van der Waals surface area contributed by atoms with Crippen LogP contribution in [0.4, 0.5) is 5.69 Å². The summed E-state index contributed by atoms with van der Waals surface area (Å²) in [6.07, 6.45) is 5.60. The number of carbonyl (C=O) groups is 4. The molecule has 0 aromatic heterocycles. The number of hydrogen-bond acceptors (Lipinski definition) is 6. The Morgan fingerprint density at radius 3 is 2.36 bits per heavy atom. The molecule has 4 bridgehead atoms. The van der Waals surface area contributed by atoms with E-state index in [2.05, 4.69) is 10.6 Å². The Morgan fingerprint density at radius 1 is 1.06 bits per heavy atom. The third kappa shape index (κ3) is 4.85. The van der Waals surface area contributed by atoms with Gasteiger partial charge < -0.3 is 25.4 Å². The lowest BCUT2D eigenvalue weighted by molar-refractivity contribution is -0.166. The number of ether oxygens (including phenoxy) is 1. The molecule has 0 radical (unpaired) electrons. The molecule has 1 aromatic rings. The first-order valence-electron chi connectivity index (χ1n) is 13.1. The van der Waals surface area contributed by atoms with E-state index in [1.807, 2.05) is 6.92 Å². The van der Waals surface area contributed by atoms with Crippen molar-refractivity contribution in [2.24, 2.45) is 23.2 Å². The van der Waals surface area contributed by atoms with E-state index in [-0.39, 0.29) is 24.8 Å². The quantitative estimate of drug-likeness (QED) is 0.496. The third-order valence-corrected chi connectivity index (χ3v) is 8.40. The number of benzene rings is 1. The Morgan fingerprint density at radius 2 is 1.72 bits per heavy atom. The molecule has 1 aliphatic heterocycles. The highest BCUT2D eigenvalue weighted by molar-refractivity contribution is 5.98. The molecule has 2 atom stereocenters. The van der Waals surface area contributed by atoms with Crippen LogP contribution in [0.15, 0.2) is 24.3 Å². The number of aliphatic hydroxyl groups is 1. The summed E-state index contributed by atoms with van der Waals surface area (Å²) in [6.45, 7) is 1.91. The summed E-state index contributed by atoms with van der Waals surface area (Å²) in [5, 5.41) is 15.6. The number of β-amino-alcohol motifs (C(OH)–C–C–N with tert-alkyl or cyclic N) is 1. The molecule has 3 amide bonds. The van der Waals surface area contributed by atoms with Crippen LogP contribution in [-0.2, 0) is 19.1 Å². The Kier molecular flexibility index (Phi) is 6.76. The molecule has 1 aromatic carbocycles. The van der Waals surface area contributed by atoms with Crippen molar-refractivity contribution in [2.45, 2.75) is 64.0 Å². The second-order valence-electron chi connectivity index (χ2n) is 11.2. The first-order valence-corrected chi connectivity index (χ1v) is 13.1. The molecule has 1 heterocycles. The Balaban J connectivity index is 1.19. The lowest BCUT2D eigenvalue weighted by Gasteiger charge is -2.56. The minimum Gasteiger partial charge on any atom is -0.454 e. The van der Waals surface area contributed by atoms with Crippen molar-refractivity contribution in [3.63, 3.8) is 0 Å². The van der Waals surface area contributed by atoms with E-state index in [9.17, 15) is 24.3 Å². The summed E-state index contributed by atoms with van der Waals surface area (Å²) in [5.74, 6) is 0.287. The van der Waals surface area contributed by atoms with Crippen LogP contribution in [0.2, 0.25) is 0 Å². The monoisotopic (exact) mass is 497 g/mol. The van der Waals surface area contributed by atoms with E-state index in [4.69, 9.17) is 4.74 Å². The smallest absolute Gasteiger partial charge is 0.329 e. The number of rotatable bonds is 7. The average molecular weight is 498 g/mol. The summed E-state index contributed by atoms with van der Waals surface area (Å²) < 4.78 is 5.29. The number of hydrogen-bond donors (Lipinski definition) is 3. The number of anilines is 1. The lowest BCUT2D eigenvalue weighted by atomic mass is 9.49. The van der Waals surface area contributed by atoms with Gasteiger partial charge in [-0.2, -0.15) is 0 Å². The summed E-state index contributed by atoms with van der Waals surface area (Å²) >= 11 is 0. The van der Waals surface area contributed by atoms with Crippen molar-refractivity contribution in [3.8, 4) is 0 Å². The van der Waals surface area contributed by atoms with Crippen LogP contribution >= 0.6 is 0 Å². The molecule has 36 heavy (non-hydrogen) atoms. The fourth-order valence-corrected chi connectivity index (χ4v) is 7.37. The summed E-state index contributed by atoms with van der Waals surface area (Å²) in [6, 6.07) is 5.60. The third-order valence-electron chi connectivity index (χ3n) is 8.40. The minimum atomic E-state index is -0.880. The molecule has 194 valence electrons. The van der Waals surface area contributed by atoms with Gasteiger partial charge in [-0.3, -0.25) is 14.4 Å². The van der Waals surface area contributed by atoms with Gasteiger partial charge in [0, 0.05) is 30.8 Å². The van der Waals surface area contributed by atoms with E-state index in [0.29, 0.717) is 35.5 Å². The van der Waals surface area contributed by atoms with Gasteiger partial charge in [0.1, 0.15) is 6.04 Å². The van der Waals surface area contributed by atoms with Gasteiger partial charge in [-0.25, -0.2) is 4.79 Å². The second-order valence-corrected chi connectivity index (χ2v) is 11.2. The fourth-order valence-electron chi connectivity index (χ4n) is 7.37. The Labute approximate surface area is 210 Å². The van der Waals surface area contributed by atoms with Gasteiger partial charge in [-0.05, 0) is 81.4 Å². The number of nitrogens with one attached hydrogen (secondary N) is 2. The van der Waals surface area contributed by atoms with Gasteiger partial charge in [-0.15, -0.1) is 0 Å². The maximum absolute atomic E-state index is 13.8. The Bertz CT molecular complexity index is 1020. The van der Waals surface area contributed by atoms with Gasteiger partial charge in [0.25, 0.3) is 11.8 Å². The largest absolute Gasteiger partial charge is 0.454 e. The Hall–Kier alpha value is -2.94. The maximum atomic E-state index is 13.8. The van der Waals surface area contributed by atoms with Crippen LogP contribution in [0.25, 0.3) is 0 Å². The van der Waals surface area contributed by atoms with Crippen molar-refractivity contribution in [1.29, 1.82) is 0 Å². The molecule has 0 spiro atoms. The molecule has 5 fully saturated rings. The predicted molar refractivity (Wildman–Crippen MR) is 131 cm³/mol. The van der Waals surface area contributed by atoms with Gasteiger partial charge in [0.15, 0.2) is 6.61 Å². The molecule has 9 nitrogen and oxygen atoms in total. The minimum absolute atomic E-state index is 0.0216. The highest BCUT2D eigenvalue weighted by Crippen LogP contribution is 2.60. The second kappa shape index (κ2) is 9.84. The molecule has 1 saturated heterocycles. The first-order chi connectivity index (χ1) is 17.3. The van der Waals surface area contributed by atoms with Crippen LogP contribution in [0.1, 0.15) is 62.2 Å². The van der Waals surface area contributed by atoms with Gasteiger partial charge >= 0.3 is 5.97 Å². The number of carbonyl (C=O) groups excluding carboxylic acids is 4. The van der Waals surface area contributed by atoms with Gasteiger partial charge in [0.2, 0.25) is 5.91 Å². The van der Waals surface area contributed by atoms with Crippen LogP contribution in [-0.4, -0.2) is 65.5 Å². The van der Waals surface area contributed by atoms with Gasteiger partial charge in [-0.1, -0.05) is 6.07 Å². The summed E-state index contributed by atoms with van der Waals surface area (Å²) in [4.78, 5) is 52.7. The number of nitrogens with zero attached hydrogens (tertiary/aromatic N) is 1. The van der Waals surface area contributed by atoms with Crippen molar-refractivity contribution < 1.29 is 29.0 Å². The number of esters is 1. The molecule has 6 rings (SSSR count). The van der Waals surface area contributed by atoms with Crippen LogP contribution in [0.5, 0.6) is 0 Å². The molecular weight excluding hydrogens is 462 g/mol. The van der Waals surface area contributed by atoms with E-state index in [0.717, 1.165) is 19.3 Å². The van der Waals surface area contributed by atoms with Crippen LogP contribution < -0.4 is 10.6 Å². The topological polar surface area (TPSA) is 125 Å². The number of amides is 3. The summed E-state index contributed by atoms with van der Waals surface area (Å²) in [5.41, 5.74) is 0.407. The zero-order chi connectivity index (χ0) is 25.4. The fraction of sp³-hybridized carbons (Fsp3) is 0.630. The molecule has 4 saturated carbocycles. The van der Waals surface area contributed by atoms with E-state index in [1.165, 1.54) is 24.2 Å². The summed E-state index contributed by atoms with van der Waals surface area (Å²) in [7, 11) is 0. The van der Waals surface area contributed by atoms with Crippen molar-refractivity contribution in [1.82, 2.24) is 10.2 Å². The highest BCUT2D eigenvalue weighted by atomic mass is 16.5. The predicted octanol–water partition coefficient (Wildman–Crippen LogP) is 2.10. The number of likely N-dealkylation sites (tertiary alicyclic amines) is 1. The standard InChI is InChI=1S/C27H35N3O6/c1-2-28-24(33)19-4-3-5-20(9-19)29-23(32)15-36-25(34)22-10-21(31)14-30(22)26(35)27-11-16-6-17(12-27)8-18(7-16)13-27/h3-5,9,16-18,21-22,31H,2,6-8,10-15H2,1H3,(H,28,33)(H,29,32)/t16?,17?,18?,21?,22-,27?/m0/s1. The number of aliphatic hydroxyl groups excluding tert-OH is 1. The van der Waals surface area contributed by atoms with Gasteiger partial charge in [0.05, 0.1) is 11.5 Å². The molecule has 5 aliphatic rings. The SMILES string of the molecule is CCNC(=O)c1cccc(NC(=O)COC(=O)[C@@H]2CC(O)CN2C(=O)C23CC4CC(CC(C4)C2)C3)c1. The van der Waals surface area contributed by atoms with Crippen molar-refractivity contribution in [2.75, 3.05) is 25.0 Å². The zero-order valence-electron chi connectivity index (χ0n) is 20.7. The molecule has 1 unspecified atom stereocenters. The molecule has 9 heteroatoms. The normalized spacial score (nSPS) is 32.3. The lowest BCUT2D eigenvalue weighted by Crippen LogP contribution is -2.56. The average Bonchev–Trinajstić information content (AvgIpc) is 3.23. The van der Waals surface area contributed by atoms with Crippen molar-refractivity contribution >= 4 is 29.4 Å². The van der Waals surface area contributed by atoms with Crippen molar-refractivity contribution in [3.05, 3.63) is 29.8 Å². The van der Waals surface area contributed by atoms with E-state index >= 15 is 0 Å².